The normalized spacial score (nSPS) is 11.0. The molecule has 0 atom stereocenters. The first-order valence-electron chi connectivity index (χ1n) is 8.49. The third-order valence-electron chi connectivity index (χ3n) is 4.00. The molecule has 0 radical (unpaired) electrons. The highest BCUT2D eigenvalue weighted by atomic mass is 32.2. The number of para-hydroxylation sites is 1. The summed E-state index contributed by atoms with van der Waals surface area (Å²) in [5.74, 6) is 1.27. The molecule has 1 aromatic heterocycles. The van der Waals surface area contributed by atoms with Crippen molar-refractivity contribution in [3.8, 4) is 5.75 Å². The molecule has 0 fully saturated rings. The van der Waals surface area contributed by atoms with Gasteiger partial charge in [0.1, 0.15) is 16.5 Å². The standard InChI is InChI=1S/C20H21N3O3S/c1-3-23(17-9-5-4-6-10-17)27(24,25)19-12-13-20(21-15-19)22-16-8-7-11-18(14-16)26-2/h4-15H,3H2,1-2H3,(H,21,22). The Morgan fingerprint density at radius 2 is 1.81 bits per heavy atom. The molecule has 0 saturated heterocycles. The molecule has 2 aromatic carbocycles. The van der Waals surface area contributed by atoms with Gasteiger partial charge in [0.15, 0.2) is 0 Å². The van der Waals surface area contributed by atoms with Crippen LogP contribution in [0.4, 0.5) is 17.2 Å². The Kier molecular flexibility index (Phi) is 5.61. The van der Waals surface area contributed by atoms with Crippen molar-refractivity contribution >= 4 is 27.2 Å². The zero-order valence-corrected chi connectivity index (χ0v) is 16.0. The zero-order chi connectivity index (χ0) is 19.3. The van der Waals surface area contributed by atoms with E-state index >= 15 is 0 Å². The van der Waals surface area contributed by atoms with E-state index < -0.39 is 10.0 Å². The monoisotopic (exact) mass is 383 g/mol. The summed E-state index contributed by atoms with van der Waals surface area (Å²) in [4.78, 5) is 4.39. The van der Waals surface area contributed by atoms with Gasteiger partial charge in [0.2, 0.25) is 0 Å². The quantitative estimate of drug-likeness (QED) is 0.666. The van der Waals surface area contributed by atoms with Gasteiger partial charge in [-0.15, -0.1) is 0 Å². The van der Waals surface area contributed by atoms with Crippen LogP contribution in [0, 0.1) is 0 Å². The van der Waals surface area contributed by atoms with Crippen molar-refractivity contribution in [1.29, 1.82) is 0 Å². The SMILES string of the molecule is CCN(c1ccccc1)S(=O)(=O)c1ccc(Nc2cccc(OC)c2)nc1. The van der Waals surface area contributed by atoms with E-state index in [4.69, 9.17) is 4.74 Å². The third-order valence-corrected chi connectivity index (χ3v) is 5.88. The van der Waals surface area contributed by atoms with E-state index in [-0.39, 0.29) is 4.90 Å². The fourth-order valence-corrected chi connectivity index (χ4v) is 4.09. The van der Waals surface area contributed by atoms with Crippen molar-refractivity contribution in [1.82, 2.24) is 4.98 Å². The molecule has 140 valence electrons. The summed E-state index contributed by atoms with van der Waals surface area (Å²) in [5.41, 5.74) is 1.43. The Morgan fingerprint density at radius 1 is 1.04 bits per heavy atom. The number of rotatable bonds is 7. The maximum Gasteiger partial charge on any atom is 0.265 e. The van der Waals surface area contributed by atoms with Crippen LogP contribution in [0.1, 0.15) is 6.92 Å². The number of hydrogen-bond acceptors (Lipinski definition) is 5. The average Bonchev–Trinajstić information content (AvgIpc) is 2.70. The van der Waals surface area contributed by atoms with Crippen molar-refractivity contribution in [2.45, 2.75) is 11.8 Å². The smallest absolute Gasteiger partial charge is 0.265 e. The lowest BCUT2D eigenvalue weighted by Crippen LogP contribution is -2.30. The van der Waals surface area contributed by atoms with Crippen LogP contribution in [-0.4, -0.2) is 27.1 Å². The molecule has 0 unspecified atom stereocenters. The Hall–Kier alpha value is -3.06. The lowest BCUT2D eigenvalue weighted by Gasteiger charge is -2.22. The fourth-order valence-electron chi connectivity index (χ4n) is 2.67. The number of nitrogens with zero attached hydrogens (tertiary/aromatic N) is 2. The molecule has 0 aliphatic carbocycles. The van der Waals surface area contributed by atoms with Gasteiger partial charge in [-0.05, 0) is 43.3 Å². The molecule has 0 amide bonds. The van der Waals surface area contributed by atoms with Crippen LogP contribution in [0.3, 0.4) is 0 Å². The Labute approximate surface area is 159 Å². The lowest BCUT2D eigenvalue weighted by molar-refractivity contribution is 0.415. The molecular formula is C20H21N3O3S. The first-order valence-corrected chi connectivity index (χ1v) is 9.93. The van der Waals surface area contributed by atoms with Gasteiger partial charge in [0, 0.05) is 24.5 Å². The fraction of sp³-hybridized carbons (Fsp3) is 0.150. The number of methoxy groups -OCH3 is 1. The van der Waals surface area contributed by atoms with Crippen LogP contribution >= 0.6 is 0 Å². The molecule has 27 heavy (non-hydrogen) atoms. The third kappa shape index (κ3) is 4.20. The number of ether oxygens (including phenoxy) is 1. The largest absolute Gasteiger partial charge is 0.497 e. The molecular weight excluding hydrogens is 362 g/mol. The number of anilines is 3. The number of hydrogen-bond donors (Lipinski definition) is 1. The van der Waals surface area contributed by atoms with E-state index in [0.29, 0.717) is 18.1 Å². The van der Waals surface area contributed by atoms with Crippen LogP contribution in [0.25, 0.3) is 0 Å². The van der Waals surface area contributed by atoms with Crippen molar-refractivity contribution in [3.05, 3.63) is 72.9 Å². The second kappa shape index (κ2) is 8.09. The van der Waals surface area contributed by atoms with Crippen molar-refractivity contribution in [2.75, 3.05) is 23.3 Å². The van der Waals surface area contributed by atoms with Crippen molar-refractivity contribution in [3.63, 3.8) is 0 Å². The molecule has 0 aliphatic heterocycles. The van der Waals surface area contributed by atoms with Crippen LogP contribution in [0.2, 0.25) is 0 Å². The van der Waals surface area contributed by atoms with Crippen LogP contribution in [-0.2, 0) is 10.0 Å². The summed E-state index contributed by atoms with van der Waals surface area (Å²) in [5, 5.41) is 3.13. The maximum atomic E-state index is 13.0. The Bertz CT molecular complexity index is 990. The van der Waals surface area contributed by atoms with Gasteiger partial charge < -0.3 is 10.1 Å². The highest BCUT2D eigenvalue weighted by molar-refractivity contribution is 7.92. The van der Waals surface area contributed by atoms with Gasteiger partial charge in [-0.2, -0.15) is 0 Å². The molecule has 0 saturated carbocycles. The average molecular weight is 383 g/mol. The van der Waals surface area contributed by atoms with Gasteiger partial charge >= 0.3 is 0 Å². The van der Waals surface area contributed by atoms with Crippen LogP contribution in [0.15, 0.2) is 77.8 Å². The van der Waals surface area contributed by atoms with Gasteiger partial charge in [-0.3, -0.25) is 4.31 Å². The molecule has 3 rings (SSSR count). The van der Waals surface area contributed by atoms with E-state index in [1.807, 2.05) is 42.5 Å². The minimum atomic E-state index is -3.68. The predicted octanol–water partition coefficient (Wildman–Crippen LogP) is 4.05. The van der Waals surface area contributed by atoms with Gasteiger partial charge in [-0.25, -0.2) is 13.4 Å². The van der Waals surface area contributed by atoms with Gasteiger partial charge in [-0.1, -0.05) is 24.3 Å². The minimum Gasteiger partial charge on any atom is -0.497 e. The zero-order valence-electron chi connectivity index (χ0n) is 15.2. The molecule has 6 nitrogen and oxygen atoms in total. The molecule has 3 aromatic rings. The van der Waals surface area contributed by atoms with E-state index in [0.717, 1.165) is 11.4 Å². The van der Waals surface area contributed by atoms with E-state index in [9.17, 15) is 8.42 Å². The predicted molar refractivity (Wildman–Crippen MR) is 107 cm³/mol. The highest BCUT2D eigenvalue weighted by Crippen LogP contribution is 2.24. The molecule has 1 N–H and O–H groups in total. The summed E-state index contributed by atoms with van der Waals surface area (Å²) >= 11 is 0. The van der Waals surface area contributed by atoms with Crippen LogP contribution in [0.5, 0.6) is 5.75 Å². The summed E-state index contributed by atoms with van der Waals surface area (Å²) < 4.78 is 32.5. The number of aromatic nitrogens is 1. The summed E-state index contributed by atoms with van der Waals surface area (Å²) in [6, 6.07) is 19.6. The van der Waals surface area contributed by atoms with E-state index in [1.54, 1.807) is 38.3 Å². The molecule has 7 heteroatoms. The first-order chi connectivity index (χ1) is 13.0. The first kappa shape index (κ1) is 18.7. The summed E-state index contributed by atoms with van der Waals surface area (Å²) in [7, 11) is -2.08. The molecule has 0 spiro atoms. The summed E-state index contributed by atoms with van der Waals surface area (Å²) in [6.07, 6.45) is 1.36. The van der Waals surface area contributed by atoms with Gasteiger partial charge in [0.25, 0.3) is 10.0 Å². The molecule has 1 heterocycles. The highest BCUT2D eigenvalue weighted by Gasteiger charge is 2.23. The number of benzene rings is 2. The molecule has 0 bridgehead atoms. The number of nitrogens with one attached hydrogen (secondary N) is 1. The lowest BCUT2D eigenvalue weighted by atomic mass is 10.3. The second-order valence-corrected chi connectivity index (χ2v) is 7.60. The van der Waals surface area contributed by atoms with E-state index in [2.05, 4.69) is 10.3 Å². The van der Waals surface area contributed by atoms with Crippen molar-refractivity contribution < 1.29 is 13.2 Å². The second-order valence-electron chi connectivity index (χ2n) is 5.74. The maximum absolute atomic E-state index is 13.0. The Morgan fingerprint density at radius 3 is 2.44 bits per heavy atom. The Balaban J connectivity index is 1.83. The minimum absolute atomic E-state index is 0.143. The number of pyridine rings is 1. The molecule has 0 aliphatic rings. The number of sulfonamides is 1. The summed E-state index contributed by atoms with van der Waals surface area (Å²) in [6.45, 7) is 2.13. The van der Waals surface area contributed by atoms with Gasteiger partial charge in [0.05, 0.1) is 12.8 Å². The van der Waals surface area contributed by atoms with Crippen molar-refractivity contribution in [2.24, 2.45) is 0 Å². The van der Waals surface area contributed by atoms with Crippen LogP contribution < -0.4 is 14.4 Å². The van der Waals surface area contributed by atoms with E-state index in [1.165, 1.54) is 10.5 Å². The topological polar surface area (TPSA) is 71.5 Å².